The Morgan fingerprint density at radius 1 is 1.00 bits per heavy atom. The number of unbranched alkanes of at least 4 members (excludes halogenated alkanes) is 3. The monoisotopic (exact) mass is 201 g/mol. The SMILES string of the molecule is CCCCCCOc1ccccc1.[Na]. The molecule has 0 atom stereocenters. The molecule has 0 bridgehead atoms. The first-order valence-corrected chi connectivity index (χ1v) is 5.11. The van der Waals surface area contributed by atoms with Crippen molar-refractivity contribution in [1.82, 2.24) is 0 Å². The first kappa shape index (κ1) is 14.0. The van der Waals surface area contributed by atoms with E-state index in [4.69, 9.17) is 4.74 Å². The van der Waals surface area contributed by atoms with Crippen molar-refractivity contribution in [2.75, 3.05) is 6.61 Å². The summed E-state index contributed by atoms with van der Waals surface area (Å²) in [4.78, 5) is 0. The Bertz CT molecular complexity index is 211. The molecule has 1 aromatic carbocycles. The predicted octanol–water partition coefficient (Wildman–Crippen LogP) is 3.26. The second-order valence-electron chi connectivity index (χ2n) is 3.22. The van der Waals surface area contributed by atoms with Gasteiger partial charge in [0.1, 0.15) is 5.75 Å². The van der Waals surface area contributed by atoms with Crippen molar-refractivity contribution in [3.8, 4) is 5.75 Å². The number of ether oxygens (including phenoxy) is 1. The third-order valence-electron chi connectivity index (χ3n) is 2.01. The molecule has 0 heterocycles. The maximum atomic E-state index is 5.55. The van der Waals surface area contributed by atoms with Crippen LogP contribution in [0.1, 0.15) is 32.6 Å². The summed E-state index contributed by atoms with van der Waals surface area (Å²) in [5, 5.41) is 0. The second-order valence-corrected chi connectivity index (χ2v) is 3.22. The molecule has 1 aromatic rings. The fraction of sp³-hybridized carbons (Fsp3) is 0.500. The predicted molar refractivity (Wildman–Crippen MR) is 61.8 cm³/mol. The van der Waals surface area contributed by atoms with E-state index in [9.17, 15) is 0 Å². The topological polar surface area (TPSA) is 9.23 Å². The van der Waals surface area contributed by atoms with Gasteiger partial charge in [0.15, 0.2) is 0 Å². The zero-order valence-corrected chi connectivity index (χ0v) is 11.3. The summed E-state index contributed by atoms with van der Waals surface area (Å²) in [6, 6.07) is 10.0. The Balaban J connectivity index is 0.00000169. The van der Waals surface area contributed by atoms with Gasteiger partial charge in [-0.2, -0.15) is 0 Å². The zero-order chi connectivity index (χ0) is 9.36. The summed E-state index contributed by atoms with van der Waals surface area (Å²) >= 11 is 0. The number of rotatable bonds is 6. The number of hydrogen-bond donors (Lipinski definition) is 0. The number of benzene rings is 1. The fourth-order valence-electron chi connectivity index (χ4n) is 1.24. The van der Waals surface area contributed by atoms with Gasteiger partial charge in [-0.1, -0.05) is 44.4 Å². The van der Waals surface area contributed by atoms with Gasteiger partial charge in [-0.3, -0.25) is 0 Å². The molecule has 0 N–H and O–H groups in total. The Morgan fingerprint density at radius 3 is 2.36 bits per heavy atom. The van der Waals surface area contributed by atoms with Crippen molar-refractivity contribution in [2.24, 2.45) is 0 Å². The second kappa shape index (κ2) is 9.57. The molecular weight excluding hydrogens is 183 g/mol. The van der Waals surface area contributed by atoms with E-state index < -0.39 is 0 Å². The van der Waals surface area contributed by atoms with Gasteiger partial charge in [-0.05, 0) is 18.6 Å². The molecule has 0 amide bonds. The Morgan fingerprint density at radius 2 is 1.71 bits per heavy atom. The average Bonchev–Trinajstić information content (AvgIpc) is 2.19. The maximum Gasteiger partial charge on any atom is 0.119 e. The maximum absolute atomic E-state index is 5.55. The Labute approximate surface area is 109 Å². The van der Waals surface area contributed by atoms with E-state index in [1.807, 2.05) is 30.3 Å². The van der Waals surface area contributed by atoms with Gasteiger partial charge >= 0.3 is 0 Å². The summed E-state index contributed by atoms with van der Waals surface area (Å²) < 4.78 is 5.55. The largest absolute Gasteiger partial charge is 0.494 e. The summed E-state index contributed by atoms with van der Waals surface area (Å²) in [6.45, 7) is 3.07. The van der Waals surface area contributed by atoms with Crippen LogP contribution in [0.25, 0.3) is 0 Å². The van der Waals surface area contributed by atoms with Crippen LogP contribution in [0.2, 0.25) is 0 Å². The molecular formula is C12H18NaO. The molecule has 0 saturated carbocycles. The number of para-hydroxylation sites is 1. The molecule has 73 valence electrons. The van der Waals surface area contributed by atoms with Crippen LogP contribution in [-0.4, -0.2) is 36.2 Å². The van der Waals surface area contributed by atoms with Gasteiger partial charge in [0, 0.05) is 29.6 Å². The van der Waals surface area contributed by atoms with Crippen molar-refractivity contribution in [2.45, 2.75) is 32.6 Å². The molecule has 0 aliphatic carbocycles. The third kappa shape index (κ3) is 6.47. The molecule has 0 aliphatic rings. The van der Waals surface area contributed by atoms with Crippen LogP contribution in [-0.2, 0) is 0 Å². The van der Waals surface area contributed by atoms with Gasteiger partial charge in [0.05, 0.1) is 6.61 Å². The summed E-state index contributed by atoms with van der Waals surface area (Å²) in [6.07, 6.45) is 5.05. The minimum atomic E-state index is 0. The standard InChI is InChI=1S/C12H18O.Na/c1-2-3-4-8-11-13-12-9-6-5-7-10-12;/h5-7,9-10H,2-4,8,11H2,1H3;. The zero-order valence-electron chi connectivity index (χ0n) is 9.33. The molecule has 2 heteroatoms. The van der Waals surface area contributed by atoms with Crippen LogP contribution < -0.4 is 4.74 Å². The van der Waals surface area contributed by atoms with Crippen LogP contribution in [0.5, 0.6) is 5.75 Å². The van der Waals surface area contributed by atoms with E-state index in [-0.39, 0.29) is 29.6 Å². The van der Waals surface area contributed by atoms with E-state index in [2.05, 4.69) is 6.92 Å². The molecule has 14 heavy (non-hydrogen) atoms. The van der Waals surface area contributed by atoms with Crippen molar-refractivity contribution >= 4 is 29.6 Å². The summed E-state index contributed by atoms with van der Waals surface area (Å²) in [5.41, 5.74) is 0. The third-order valence-corrected chi connectivity index (χ3v) is 2.01. The van der Waals surface area contributed by atoms with Gasteiger partial charge in [-0.25, -0.2) is 0 Å². The Kier molecular flexibility index (Phi) is 9.58. The molecule has 0 unspecified atom stereocenters. The van der Waals surface area contributed by atoms with Crippen LogP contribution in [0.15, 0.2) is 30.3 Å². The first-order chi connectivity index (χ1) is 6.43. The minimum absolute atomic E-state index is 0. The average molecular weight is 201 g/mol. The van der Waals surface area contributed by atoms with Gasteiger partial charge in [0.25, 0.3) is 0 Å². The van der Waals surface area contributed by atoms with E-state index in [1.165, 1.54) is 25.7 Å². The van der Waals surface area contributed by atoms with Crippen LogP contribution in [0, 0.1) is 0 Å². The molecule has 0 saturated heterocycles. The van der Waals surface area contributed by atoms with Crippen molar-refractivity contribution < 1.29 is 4.74 Å². The summed E-state index contributed by atoms with van der Waals surface area (Å²) in [5.74, 6) is 0.985. The first-order valence-electron chi connectivity index (χ1n) is 5.11. The van der Waals surface area contributed by atoms with Crippen LogP contribution >= 0.6 is 0 Å². The smallest absolute Gasteiger partial charge is 0.119 e. The van der Waals surface area contributed by atoms with Crippen molar-refractivity contribution in [3.05, 3.63) is 30.3 Å². The van der Waals surface area contributed by atoms with E-state index >= 15 is 0 Å². The molecule has 0 fully saturated rings. The normalized spacial score (nSPS) is 9.21. The molecule has 0 aromatic heterocycles. The minimum Gasteiger partial charge on any atom is -0.494 e. The van der Waals surface area contributed by atoms with Crippen LogP contribution in [0.3, 0.4) is 0 Å². The molecule has 0 aliphatic heterocycles. The molecule has 1 nitrogen and oxygen atoms in total. The van der Waals surface area contributed by atoms with Crippen molar-refractivity contribution in [3.63, 3.8) is 0 Å². The molecule has 0 spiro atoms. The van der Waals surface area contributed by atoms with E-state index in [0.29, 0.717) is 0 Å². The quantitative estimate of drug-likeness (QED) is 0.507. The van der Waals surface area contributed by atoms with Gasteiger partial charge in [0.2, 0.25) is 0 Å². The number of hydrogen-bond acceptors (Lipinski definition) is 1. The van der Waals surface area contributed by atoms with E-state index in [0.717, 1.165) is 12.4 Å². The Hall–Kier alpha value is 0.0200. The molecule has 1 radical (unpaired) electrons. The van der Waals surface area contributed by atoms with E-state index in [1.54, 1.807) is 0 Å². The van der Waals surface area contributed by atoms with Gasteiger partial charge < -0.3 is 4.74 Å². The van der Waals surface area contributed by atoms with Crippen molar-refractivity contribution in [1.29, 1.82) is 0 Å². The molecule has 1 rings (SSSR count). The van der Waals surface area contributed by atoms with Gasteiger partial charge in [-0.15, -0.1) is 0 Å². The fourth-order valence-corrected chi connectivity index (χ4v) is 1.24. The summed E-state index contributed by atoms with van der Waals surface area (Å²) in [7, 11) is 0. The van der Waals surface area contributed by atoms with Crippen LogP contribution in [0.4, 0.5) is 0 Å².